The molecule has 1 saturated heterocycles. The Balaban J connectivity index is 1.60. The van der Waals surface area contributed by atoms with Crippen LogP contribution < -0.4 is 15.5 Å². The van der Waals surface area contributed by atoms with Gasteiger partial charge in [0.2, 0.25) is 0 Å². The first-order valence-electron chi connectivity index (χ1n) is 9.33. The van der Waals surface area contributed by atoms with Gasteiger partial charge in [-0.15, -0.1) is 0 Å². The topological polar surface area (TPSA) is 109 Å². The van der Waals surface area contributed by atoms with Crippen molar-refractivity contribution in [3.05, 3.63) is 59.7 Å². The summed E-state index contributed by atoms with van der Waals surface area (Å²) in [6.07, 6.45) is 1.40. The highest BCUT2D eigenvalue weighted by Crippen LogP contribution is 2.18. The smallest absolute Gasteiger partial charge is 0.329 e. The summed E-state index contributed by atoms with van der Waals surface area (Å²) in [7, 11) is 1.56. The van der Waals surface area contributed by atoms with Crippen LogP contribution in [-0.2, 0) is 14.3 Å². The highest BCUT2D eigenvalue weighted by molar-refractivity contribution is 6.40. The zero-order valence-corrected chi connectivity index (χ0v) is 16.5. The summed E-state index contributed by atoms with van der Waals surface area (Å²) in [5, 5.41) is 6.25. The van der Waals surface area contributed by atoms with Gasteiger partial charge in [-0.2, -0.15) is 5.10 Å². The van der Waals surface area contributed by atoms with Gasteiger partial charge in [0, 0.05) is 13.1 Å². The third kappa shape index (κ3) is 5.42. The number of benzene rings is 2. The zero-order chi connectivity index (χ0) is 21.3. The third-order valence-corrected chi connectivity index (χ3v) is 4.41. The van der Waals surface area contributed by atoms with Crippen LogP contribution in [0.4, 0.5) is 5.69 Å². The second-order valence-electron chi connectivity index (χ2n) is 6.38. The third-order valence-electron chi connectivity index (χ3n) is 4.41. The van der Waals surface area contributed by atoms with E-state index in [0.29, 0.717) is 37.6 Å². The first-order chi connectivity index (χ1) is 14.6. The molecule has 2 N–H and O–H groups in total. The van der Waals surface area contributed by atoms with E-state index in [9.17, 15) is 14.4 Å². The number of hydrazone groups is 1. The molecule has 3 rings (SSSR count). The maximum absolute atomic E-state index is 12.7. The van der Waals surface area contributed by atoms with E-state index in [1.165, 1.54) is 6.21 Å². The number of rotatable bonds is 5. The van der Waals surface area contributed by atoms with Gasteiger partial charge in [-0.05, 0) is 42.0 Å². The molecule has 1 fully saturated rings. The Hall–Kier alpha value is -3.72. The van der Waals surface area contributed by atoms with Crippen LogP contribution in [0.5, 0.6) is 5.75 Å². The molecule has 1 aliphatic heterocycles. The maximum Gasteiger partial charge on any atom is 0.329 e. The van der Waals surface area contributed by atoms with E-state index in [1.807, 2.05) is 0 Å². The van der Waals surface area contributed by atoms with Crippen LogP contribution in [0.2, 0.25) is 0 Å². The molecule has 30 heavy (non-hydrogen) atoms. The van der Waals surface area contributed by atoms with E-state index in [-0.39, 0.29) is 11.6 Å². The summed E-state index contributed by atoms with van der Waals surface area (Å²) in [6.45, 7) is 1.88. The van der Waals surface area contributed by atoms with Crippen LogP contribution in [0.15, 0.2) is 53.6 Å². The number of anilines is 1. The minimum Gasteiger partial charge on any atom is -0.497 e. The van der Waals surface area contributed by atoms with Gasteiger partial charge >= 0.3 is 11.8 Å². The van der Waals surface area contributed by atoms with Gasteiger partial charge in [0.25, 0.3) is 5.91 Å². The predicted octanol–water partition coefficient (Wildman–Crippen LogP) is 1.26. The fourth-order valence-corrected chi connectivity index (χ4v) is 2.80. The zero-order valence-electron chi connectivity index (χ0n) is 16.5. The van der Waals surface area contributed by atoms with Crippen LogP contribution in [0.25, 0.3) is 0 Å². The quantitative estimate of drug-likeness (QED) is 0.438. The van der Waals surface area contributed by atoms with E-state index >= 15 is 0 Å². The molecule has 9 heteroatoms. The van der Waals surface area contributed by atoms with Crippen molar-refractivity contribution < 1.29 is 23.9 Å². The van der Waals surface area contributed by atoms with Crippen LogP contribution >= 0.6 is 0 Å². The number of hydrogen-bond acceptors (Lipinski definition) is 6. The number of ether oxygens (including phenoxy) is 2. The summed E-state index contributed by atoms with van der Waals surface area (Å²) in [4.78, 5) is 38.7. The number of carbonyl (C=O) groups is 3. The molecule has 9 nitrogen and oxygen atoms in total. The molecule has 2 aromatic rings. The molecule has 0 unspecified atom stereocenters. The Bertz CT molecular complexity index is 937. The molecule has 0 atom stereocenters. The fourth-order valence-electron chi connectivity index (χ4n) is 2.80. The van der Waals surface area contributed by atoms with Crippen LogP contribution in [-0.4, -0.2) is 62.2 Å². The van der Waals surface area contributed by atoms with Gasteiger partial charge in [-0.25, -0.2) is 5.43 Å². The minimum absolute atomic E-state index is 0.230. The van der Waals surface area contributed by atoms with Gasteiger partial charge in [-0.3, -0.25) is 14.4 Å². The summed E-state index contributed by atoms with van der Waals surface area (Å²) < 4.78 is 10.3. The van der Waals surface area contributed by atoms with Crippen molar-refractivity contribution in [2.24, 2.45) is 5.10 Å². The molecule has 156 valence electrons. The average Bonchev–Trinajstić information content (AvgIpc) is 2.80. The van der Waals surface area contributed by atoms with Gasteiger partial charge in [0.05, 0.1) is 37.8 Å². The van der Waals surface area contributed by atoms with E-state index in [4.69, 9.17) is 9.47 Å². The summed E-state index contributed by atoms with van der Waals surface area (Å²) >= 11 is 0. The lowest BCUT2D eigenvalue weighted by Gasteiger charge is -2.27. The highest BCUT2D eigenvalue weighted by Gasteiger charge is 2.22. The second-order valence-corrected chi connectivity index (χ2v) is 6.38. The Labute approximate surface area is 173 Å². The molecule has 0 spiro atoms. The molecule has 0 saturated carbocycles. The number of nitrogens with one attached hydrogen (secondary N) is 2. The number of methoxy groups -OCH3 is 1. The molecule has 0 aliphatic carbocycles. The van der Waals surface area contributed by atoms with Crippen LogP contribution in [0.3, 0.4) is 0 Å². The number of morpholine rings is 1. The molecular formula is C21H22N4O5. The van der Waals surface area contributed by atoms with Crippen molar-refractivity contribution in [2.75, 3.05) is 38.7 Å². The lowest BCUT2D eigenvalue weighted by atomic mass is 10.1. The van der Waals surface area contributed by atoms with Gasteiger partial charge in [-0.1, -0.05) is 12.1 Å². The fraction of sp³-hybridized carbons (Fsp3) is 0.238. The van der Waals surface area contributed by atoms with E-state index in [0.717, 1.165) is 5.56 Å². The van der Waals surface area contributed by atoms with Crippen LogP contribution in [0, 0.1) is 0 Å². The standard InChI is InChI=1S/C21H22N4O5/c1-29-16-8-6-15(7-9-16)14-22-24-20(27)19(26)23-18-5-3-2-4-17(18)21(28)25-10-12-30-13-11-25/h2-9,14H,10-13H2,1H3,(H,23,26)(H,24,27)/b22-14+. The minimum atomic E-state index is -0.951. The predicted molar refractivity (Wildman–Crippen MR) is 111 cm³/mol. The van der Waals surface area contributed by atoms with Crippen molar-refractivity contribution in [3.8, 4) is 5.75 Å². The first-order valence-corrected chi connectivity index (χ1v) is 9.33. The molecule has 1 aliphatic rings. The molecule has 0 bridgehead atoms. The molecule has 0 radical (unpaired) electrons. The van der Waals surface area contributed by atoms with Crippen molar-refractivity contribution >= 4 is 29.6 Å². The maximum atomic E-state index is 12.7. The molecule has 1 heterocycles. The number of nitrogens with zero attached hydrogens (tertiary/aromatic N) is 2. The average molecular weight is 410 g/mol. The summed E-state index contributed by atoms with van der Waals surface area (Å²) in [6, 6.07) is 13.5. The van der Waals surface area contributed by atoms with E-state index in [2.05, 4.69) is 15.8 Å². The molecule has 0 aromatic heterocycles. The number of hydrogen-bond donors (Lipinski definition) is 2. The summed E-state index contributed by atoms with van der Waals surface area (Å²) in [5.41, 5.74) is 3.45. The van der Waals surface area contributed by atoms with Crippen molar-refractivity contribution in [3.63, 3.8) is 0 Å². The Morgan fingerprint density at radius 1 is 1.03 bits per heavy atom. The van der Waals surface area contributed by atoms with E-state index < -0.39 is 11.8 Å². The first kappa shape index (κ1) is 21.0. The lowest BCUT2D eigenvalue weighted by molar-refractivity contribution is -0.136. The van der Waals surface area contributed by atoms with Crippen LogP contribution in [0.1, 0.15) is 15.9 Å². The summed E-state index contributed by atoms with van der Waals surface area (Å²) in [5.74, 6) is -1.41. The normalized spacial score (nSPS) is 13.7. The number of para-hydroxylation sites is 1. The molecule has 2 aromatic carbocycles. The molecular weight excluding hydrogens is 388 g/mol. The Kier molecular flexibility index (Phi) is 7.12. The largest absolute Gasteiger partial charge is 0.497 e. The highest BCUT2D eigenvalue weighted by atomic mass is 16.5. The molecule has 3 amide bonds. The second kappa shape index (κ2) is 10.2. The van der Waals surface area contributed by atoms with Crippen molar-refractivity contribution in [1.29, 1.82) is 0 Å². The monoisotopic (exact) mass is 410 g/mol. The van der Waals surface area contributed by atoms with Gasteiger partial charge in [0.1, 0.15) is 5.75 Å². The number of amides is 3. The Morgan fingerprint density at radius 2 is 1.73 bits per heavy atom. The lowest BCUT2D eigenvalue weighted by Crippen LogP contribution is -2.41. The van der Waals surface area contributed by atoms with Gasteiger partial charge in [0.15, 0.2) is 0 Å². The van der Waals surface area contributed by atoms with Crippen molar-refractivity contribution in [1.82, 2.24) is 10.3 Å². The van der Waals surface area contributed by atoms with Crippen molar-refractivity contribution in [2.45, 2.75) is 0 Å². The van der Waals surface area contributed by atoms with Gasteiger partial charge < -0.3 is 19.7 Å². The van der Waals surface area contributed by atoms with E-state index in [1.54, 1.807) is 60.5 Å². The Morgan fingerprint density at radius 3 is 2.43 bits per heavy atom. The SMILES string of the molecule is COc1ccc(/C=N/NC(=O)C(=O)Nc2ccccc2C(=O)N2CCOCC2)cc1. The number of carbonyl (C=O) groups excluding carboxylic acids is 3.